The molecule has 142 valence electrons. The largest absolute Gasteiger partial charge is 0.456 e. The highest BCUT2D eigenvalue weighted by molar-refractivity contribution is 7.86. The Morgan fingerprint density at radius 1 is 1.08 bits per heavy atom. The van der Waals surface area contributed by atoms with Gasteiger partial charge in [-0.1, -0.05) is 0 Å². The molecule has 0 aromatic heterocycles. The molecule has 0 heterocycles. The van der Waals surface area contributed by atoms with Crippen molar-refractivity contribution in [2.24, 2.45) is 35.5 Å². The monoisotopic (exact) mass is 380 g/mol. The predicted molar refractivity (Wildman–Crippen MR) is 81.2 cm³/mol. The summed E-state index contributed by atoms with van der Waals surface area (Å²) in [4.78, 5) is 11.6. The summed E-state index contributed by atoms with van der Waals surface area (Å²) < 4.78 is 65.3. The van der Waals surface area contributed by atoms with Crippen LogP contribution in [-0.4, -0.2) is 43.5 Å². The van der Waals surface area contributed by atoms with Crippen LogP contribution in [0.3, 0.4) is 0 Å². The number of hydrogen-bond donors (Lipinski definition) is 1. The van der Waals surface area contributed by atoms with E-state index in [0.717, 1.165) is 30.6 Å². The summed E-state index contributed by atoms with van der Waals surface area (Å²) in [5, 5.41) is -4.51. The van der Waals surface area contributed by atoms with Gasteiger partial charge >= 0.3 is 21.3 Å². The van der Waals surface area contributed by atoms with Crippen molar-refractivity contribution in [2.75, 3.05) is 13.2 Å². The normalized spacial score (nSPS) is 42.0. The third-order valence-corrected chi connectivity index (χ3v) is 7.74. The molecular weight excluding hydrogens is 358 g/mol. The fraction of sp³-hybridized carbons (Fsp3) is 0.938. The van der Waals surface area contributed by atoms with Gasteiger partial charge in [0.2, 0.25) is 0 Å². The molecule has 0 aromatic rings. The predicted octanol–water partition coefficient (Wildman–Crippen LogP) is 2.10. The molecule has 4 bridgehead atoms. The zero-order chi connectivity index (χ0) is 18.0. The summed E-state index contributed by atoms with van der Waals surface area (Å²) in [6.07, 6.45) is 5.94. The number of alkyl halides is 2. The highest BCUT2D eigenvalue weighted by Crippen LogP contribution is 2.67. The lowest BCUT2D eigenvalue weighted by Crippen LogP contribution is -2.38. The molecule has 6 nitrogen and oxygen atoms in total. The molecule has 4 fully saturated rings. The summed E-state index contributed by atoms with van der Waals surface area (Å²) in [6, 6.07) is 0. The van der Waals surface area contributed by atoms with Gasteiger partial charge in [-0.2, -0.15) is 17.2 Å². The Hall–Kier alpha value is -0.800. The number of fused-ring (bicyclic) bond motifs is 9. The Balaban J connectivity index is 1.27. The maximum atomic E-state index is 13.0. The summed E-state index contributed by atoms with van der Waals surface area (Å²) in [5.74, 6) is 3.17. The molecule has 0 aliphatic heterocycles. The van der Waals surface area contributed by atoms with Gasteiger partial charge in [0.05, 0.1) is 6.10 Å². The summed E-state index contributed by atoms with van der Waals surface area (Å²) in [7, 11) is -5.60. The lowest BCUT2D eigenvalue weighted by atomic mass is 9.70. The van der Waals surface area contributed by atoms with Crippen LogP contribution >= 0.6 is 0 Å². The molecule has 0 amide bonds. The molecule has 4 aliphatic rings. The lowest BCUT2D eigenvalue weighted by molar-refractivity contribution is -0.159. The van der Waals surface area contributed by atoms with E-state index in [2.05, 4.69) is 4.74 Å². The average Bonchev–Trinajstić information content (AvgIpc) is 3.27. The van der Waals surface area contributed by atoms with E-state index < -0.39 is 34.6 Å². The molecular formula is C16H22F2O6S. The number of carbonyl (C=O) groups is 1. The first kappa shape index (κ1) is 17.6. The van der Waals surface area contributed by atoms with Gasteiger partial charge in [0.1, 0.15) is 6.61 Å². The van der Waals surface area contributed by atoms with Gasteiger partial charge in [-0.3, -0.25) is 4.55 Å². The van der Waals surface area contributed by atoms with Gasteiger partial charge in [0.15, 0.2) is 6.61 Å². The summed E-state index contributed by atoms with van der Waals surface area (Å²) in [6.45, 7) is -2.18. The maximum Gasteiger partial charge on any atom is 0.402 e. The quantitative estimate of drug-likeness (QED) is 0.431. The van der Waals surface area contributed by atoms with E-state index in [1.807, 2.05) is 0 Å². The molecule has 0 spiro atoms. The third-order valence-electron chi connectivity index (χ3n) is 6.87. The first-order chi connectivity index (χ1) is 11.7. The van der Waals surface area contributed by atoms with Crippen molar-refractivity contribution < 1.29 is 36.0 Å². The van der Waals surface area contributed by atoms with Gasteiger partial charge in [-0.25, -0.2) is 4.79 Å². The second-order valence-electron chi connectivity index (χ2n) is 8.01. The van der Waals surface area contributed by atoms with Crippen molar-refractivity contribution in [2.45, 2.75) is 43.5 Å². The number of ether oxygens (including phenoxy) is 2. The minimum atomic E-state index is -5.60. The Bertz CT molecular complexity index is 666. The number of carbonyl (C=O) groups excluding carboxylic acids is 1. The van der Waals surface area contributed by atoms with Gasteiger partial charge in [0, 0.05) is 0 Å². The van der Waals surface area contributed by atoms with Crippen LogP contribution in [0.5, 0.6) is 0 Å². The van der Waals surface area contributed by atoms with Crippen molar-refractivity contribution >= 4 is 16.1 Å². The first-order valence-electron chi connectivity index (χ1n) is 8.79. The maximum absolute atomic E-state index is 13.0. The van der Waals surface area contributed by atoms with E-state index in [-0.39, 0.29) is 6.10 Å². The molecule has 7 unspecified atom stereocenters. The summed E-state index contributed by atoms with van der Waals surface area (Å²) in [5.41, 5.74) is 0. The van der Waals surface area contributed by atoms with Crippen LogP contribution in [0.4, 0.5) is 8.78 Å². The Morgan fingerprint density at radius 3 is 2.44 bits per heavy atom. The Labute approximate surface area is 145 Å². The van der Waals surface area contributed by atoms with Gasteiger partial charge in [0.25, 0.3) is 0 Å². The smallest absolute Gasteiger partial charge is 0.402 e. The first-order valence-corrected chi connectivity index (χ1v) is 10.2. The van der Waals surface area contributed by atoms with Crippen molar-refractivity contribution in [1.29, 1.82) is 0 Å². The van der Waals surface area contributed by atoms with Gasteiger partial charge < -0.3 is 9.47 Å². The van der Waals surface area contributed by atoms with E-state index in [1.165, 1.54) is 19.3 Å². The standard InChI is InChI=1S/C16H22F2O6S/c17-16(18,25(20,21)22)7-24-13(19)6-23-12-5-10-4-11(12)15-9-2-1-8(3-9)14(10)15/h8-12,14-15H,1-7H2,(H,20,21,22). The molecule has 0 aromatic carbocycles. The van der Waals surface area contributed by atoms with Gasteiger partial charge in [-0.15, -0.1) is 0 Å². The number of rotatable bonds is 6. The van der Waals surface area contributed by atoms with E-state index >= 15 is 0 Å². The average molecular weight is 380 g/mol. The van der Waals surface area contributed by atoms with Crippen LogP contribution in [0.2, 0.25) is 0 Å². The Morgan fingerprint density at radius 2 is 1.76 bits per heavy atom. The molecule has 25 heavy (non-hydrogen) atoms. The fourth-order valence-corrected chi connectivity index (χ4v) is 6.36. The van der Waals surface area contributed by atoms with Crippen LogP contribution < -0.4 is 0 Å². The molecule has 0 radical (unpaired) electrons. The zero-order valence-corrected chi connectivity index (χ0v) is 14.5. The van der Waals surface area contributed by atoms with Crippen molar-refractivity contribution in [3.05, 3.63) is 0 Å². The summed E-state index contributed by atoms with van der Waals surface area (Å²) >= 11 is 0. The van der Waals surface area contributed by atoms with Crippen LogP contribution in [0.1, 0.15) is 32.1 Å². The molecule has 4 saturated carbocycles. The Kier molecular flexibility index (Phi) is 4.12. The van der Waals surface area contributed by atoms with Gasteiger partial charge in [-0.05, 0) is 67.6 Å². The van der Waals surface area contributed by atoms with Crippen LogP contribution in [-0.2, 0) is 24.4 Å². The highest BCUT2D eigenvalue weighted by Gasteiger charge is 2.62. The minimum Gasteiger partial charge on any atom is -0.456 e. The van der Waals surface area contributed by atoms with Crippen LogP contribution in [0, 0.1) is 35.5 Å². The lowest BCUT2D eigenvalue weighted by Gasteiger charge is -2.38. The molecule has 4 rings (SSSR count). The van der Waals surface area contributed by atoms with E-state index in [9.17, 15) is 22.0 Å². The van der Waals surface area contributed by atoms with E-state index in [1.54, 1.807) is 0 Å². The minimum absolute atomic E-state index is 0.0414. The number of halogens is 2. The fourth-order valence-electron chi connectivity index (χ4n) is 6.15. The SMILES string of the molecule is O=C(COC1CC2CC1C1C3CCC(C3)C21)OCC(F)(F)S(=O)(=O)O. The van der Waals surface area contributed by atoms with Crippen molar-refractivity contribution in [3.8, 4) is 0 Å². The van der Waals surface area contributed by atoms with Crippen LogP contribution in [0.25, 0.3) is 0 Å². The van der Waals surface area contributed by atoms with Crippen LogP contribution in [0.15, 0.2) is 0 Å². The second-order valence-corrected chi connectivity index (χ2v) is 9.55. The number of esters is 1. The molecule has 7 atom stereocenters. The molecule has 1 N–H and O–H groups in total. The molecule has 4 aliphatic carbocycles. The van der Waals surface area contributed by atoms with E-state index in [0.29, 0.717) is 17.8 Å². The third kappa shape index (κ3) is 2.88. The molecule has 9 heteroatoms. The zero-order valence-electron chi connectivity index (χ0n) is 13.6. The second kappa shape index (κ2) is 5.85. The molecule has 0 saturated heterocycles. The van der Waals surface area contributed by atoms with Crippen molar-refractivity contribution in [3.63, 3.8) is 0 Å². The number of hydrogen-bond acceptors (Lipinski definition) is 5. The van der Waals surface area contributed by atoms with Crippen molar-refractivity contribution in [1.82, 2.24) is 0 Å². The van der Waals surface area contributed by atoms with E-state index in [4.69, 9.17) is 9.29 Å². The topological polar surface area (TPSA) is 89.9 Å². The highest BCUT2D eigenvalue weighted by atomic mass is 32.2.